The first-order valence-electron chi connectivity index (χ1n) is 4.73. The Labute approximate surface area is 99.7 Å². The van der Waals surface area contributed by atoms with Crippen LogP contribution in [0.2, 0.25) is 0 Å². The van der Waals surface area contributed by atoms with E-state index in [1.54, 1.807) is 11.1 Å². The monoisotopic (exact) mass is 234 g/mol. The third kappa shape index (κ3) is 2.85. The molecule has 5 heteroatoms. The molecule has 1 heterocycles. The quantitative estimate of drug-likeness (QED) is 0.590. The van der Waals surface area contributed by atoms with Crippen molar-refractivity contribution < 1.29 is 0 Å². The fourth-order valence-corrected chi connectivity index (χ4v) is 1.55. The van der Waals surface area contributed by atoms with Gasteiger partial charge in [-0.1, -0.05) is 0 Å². The van der Waals surface area contributed by atoms with Crippen LogP contribution in [0.25, 0.3) is 0 Å². The molecular weight excluding hydrogens is 224 g/mol. The van der Waals surface area contributed by atoms with E-state index in [0.29, 0.717) is 11.7 Å². The molecule has 0 spiro atoms. The minimum absolute atomic E-state index is 0.154. The predicted octanol–water partition coefficient (Wildman–Crippen LogP) is 1.98. The number of nitriles is 2. The average Bonchev–Trinajstić information content (AvgIpc) is 2.29. The molecule has 0 saturated carbocycles. The lowest BCUT2D eigenvalue weighted by molar-refractivity contribution is 0.923. The predicted molar refractivity (Wildman–Crippen MR) is 62.0 cm³/mol. The molecule has 0 saturated heterocycles. The van der Waals surface area contributed by atoms with Crippen molar-refractivity contribution >= 4 is 17.4 Å². The second-order valence-electron chi connectivity index (χ2n) is 3.29. The number of aromatic nitrogens is 1. The van der Waals surface area contributed by atoms with E-state index in [1.807, 2.05) is 25.1 Å². The minimum atomic E-state index is 0.154. The summed E-state index contributed by atoms with van der Waals surface area (Å²) in [5, 5.41) is 17.3. The van der Waals surface area contributed by atoms with Crippen LogP contribution < -0.4 is 4.90 Å². The highest BCUT2D eigenvalue weighted by molar-refractivity contribution is 6.17. The van der Waals surface area contributed by atoms with Crippen LogP contribution in [0.1, 0.15) is 11.1 Å². The lowest BCUT2D eigenvalue weighted by atomic mass is 10.2. The maximum Gasteiger partial charge on any atom is 0.133 e. The highest BCUT2D eigenvalue weighted by Gasteiger charge is 2.10. The number of anilines is 1. The Morgan fingerprint density at radius 3 is 2.44 bits per heavy atom. The molecule has 0 bridgehead atoms. The summed E-state index contributed by atoms with van der Waals surface area (Å²) in [6.07, 6.45) is 1.66. The first kappa shape index (κ1) is 12.3. The van der Waals surface area contributed by atoms with Crippen molar-refractivity contribution in [1.82, 2.24) is 4.98 Å². The second kappa shape index (κ2) is 5.95. The maximum absolute atomic E-state index is 8.67. The molecule has 1 aromatic rings. The van der Waals surface area contributed by atoms with Crippen molar-refractivity contribution in [2.45, 2.75) is 12.8 Å². The molecule has 16 heavy (non-hydrogen) atoms. The van der Waals surface area contributed by atoms with Crippen LogP contribution in [0.4, 0.5) is 5.82 Å². The van der Waals surface area contributed by atoms with Gasteiger partial charge in [-0.2, -0.15) is 10.5 Å². The van der Waals surface area contributed by atoms with E-state index in [1.165, 1.54) is 0 Å². The third-order valence-corrected chi connectivity index (χ3v) is 2.39. The van der Waals surface area contributed by atoms with E-state index in [2.05, 4.69) is 4.98 Å². The molecule has 0 fully saturated rings. The summed E-state index contributed by atoms with van der Waals surface area (Å²) in [6.45, 7) is 2.20. The van der Waals surface area contributed by atoms with Gasteiger partial charge >= 0.3 is 0 Å². The lowest BCUT2D eigenvalue weighted by Crippen LogP contribution is -2.25. The number of hydrogen-bond acceptors (Lipinski definition) is 4. The van der Waals surface area contributed by atoms with Gasteiger partial charge in [-0.25, -0.2) is 4.98 Å². The number of nitrogens with zero attached hydrogens (tertiary/aromatic N) is 4. The molecule has 0 N–H and O–H groups in total. The van der Waals surface area contributed by atoms with Crippen LogP contribution >= 0.6 is 11.6 Å². The summed E-state index contributed by atoms with van der Waals surface area (Å²) in [5.74, 6) is 1.07. The van der Waals surface area contributed by atoms with Crippen molar-refractivity contribution in [3.05, 3.63) is 23.4 Å². The standard InChI is InChI=1S/C11H11ClN4/c1-9-6-10(7-12)8-15-11(9)16(4-2-13)5-3-14/h6,8H,4-5,7H2,1H3. The fraction of sp³-hybridized carbons (Fsp3) is 0.364. The molecular formula is C11H11ClN4. The highest BCUT2D eigenvalue weighted by atomic mass is 35.5. The number of aryl methyl sites for hydroxylation is 1. The first-order valence-corrected chi connectivity index (χ1v) is 5.26. The van der Waals surface area contributed by atoms with Crippen molar-refractivity contribution in [2.24, 2.45) is 0 Å². The molecule has 1 aromatic heterocycles. The van der Waals surface area contributed by atoms with Crippen LogP contribution in [0.5, 0.6) is 0 Å². The minimum Gasteiger partial charge on any atom is -0.330 e. The van der Waals surface area contributed by atoms with E-state index >= 15 is 0 Å². The smallest absolute Gasteiger partial charge is 0.133 e. The van der Waals surface area contributed by atoms with Gasteiger partial charge in [0.1, 0.15) is 18.9 Å². The number of hydrogen-bond donors (Lipinski definition) is 0. The van der Waals surface area contributed by atoms with E-state index in [4.69, 9.17) is 22.1 Å². The van der Waals surface area contributed by atoms with Crippen LogP contribution in [-0.2, 0) is 5.88 Å². The SMILES string of the molecule is Cc1cc(CCl)cnc1N(CC#N)CC#N. The molecule has 82 valence electrons. The Hall–Kier alpha value is -1.78. The summed E-state index contributed by atoms with van der Waals surface area (Å²) < 4.78 is 0. The summed E-state index contributed by atoms with van der Waals surface area (Å²) in [6, 6.07) is 5.95. The molecule has 0 aliphatic carbocycles. The highest BCUT2D eigenvalue weighted by Crippen LogP contribution is 2.18. The summed E-state index contributed by atoms with van der Waals surface area (Å²) in [7, 11) is 0. The number of rotatable bonds is 4. The van der Waals surface area contributed by atoms with Crippen molar-refractivity contribution in [3.8, 4) is 12.1 Å². The summed E-state index contributed by atoms with van der Waals surface area (Å²) >= 11 is 5.69. The number of pyridine rings is 1. The molecule has 0 radical (unpaired) electrons. The Morgan fingerprint density at radius 1 is 1.38 bits per heavy atom. The van der Waals surface area contributed by atoms with E-state index < -0.39 is 0 Å². The Kier molecular flexibility index (Phi) is 4.57. The zero-order valence-corrected chi connectivity index (χ0v) is 9.70. The lowest BCUT2D eigenvalue weighted by Gasteiger charge is -2.19. The third-order valence-electron chi connectivity index (χ3n) is 2.08. The normalized spacial score (nSPS) is 9.25. The molecule has 4 nitrogen and oxygen atoms in total. The van der Waals surface area contributed by atoms with Gasteiger partial charge in [0.15, 0.2) is 0 Å². The zero-order chi connectivity index (χ0) is 12.0. The number of halogens is 1. The van der Waals surface area contributed by atoms with Crippen LogP contribution in [0, 0.1) is 29.6 Å². The molecule has 0 atom stereocenters. The molecule has 0 unspecified atom stereocenters. The van der Waals surface area contributed by atoms with Gasteiger partial charge in [0, 0.05) is 12.1 Å². The Bertz CT molecular complexity index is 428. The molecule has 0 aromatic carbocycles. The average molecular weight is 235 g/mol. The van der Waals surface area contributed by atoms with Gasteiger partial charge in [0.25, 0.3) is 0 Å². The van der Waals surface area contributed by atoms with Gasteiger partial charge in [-0.05, 0) is 24.1 Å². The van der Waals surface area contributed by atoms with Crippen molar-refractivity contribution in [1.29, 1.82) is 10.5 Å². The summed E-state index contributed by atoms with van der Waals surface area (Å²) in [5.41, 5.74) is 1.85. The van der Waals surface area contributed by atoms with Crippen LogP contribution in [0.3, 0.4) is 0 Å². The van der Waals surface area contributed by atoms with Crippen LogP contribution in [-0.4, -0.2) is 18.1 Å². The molecule has 0 aliphatic rings. The van der Waals surface area contributed by atoms with Gasteiger partial charge in [-0.15, -0.1) is 11.6 Å². The Morgan fingerprint density at radius 2 is 2.00 bits per heavy atom. The molecule has 1 rings (SSSR count). The van der Waals surface area contributed by atoms with Crippen molar-refractivity contribution in [2.75, 3.05) is 18.0 Å². The molecule has 0 amide bonds. The Balaban J connectivity index is 3.02. The first-order chi connectivity index (χ1) is 7.72. The zero-order valence-electron chi connectivity index (χ0n) is 8.94. The topological polar surface area (TPSA) is 63.7 Å². The van der Waals surface area contributed by atoms with Crippen molar-refractivity contribution in [3.63, 3.8) is 0 Å². The largest absolute Gasteiger partial charge is 0.330 e. The van der Waals surface area contributed by atoms with Gasteiger partial charge in [0.05, 0.1) is 12.1 Å². The van der Waals surface area contributed by atoms with Gasteiger partial charge in [0.2, 0.25) is 0 Å². The van der Waals surface area contributed by atoms with E-state index in [0.717, 1.165) is 11.1 Å². The van der Waals surface area contributed by atoms with E-state index in [-0.39, 0.29) is 13.1 Å². The van der Waals surface area contributed by atoms with Gasteiger partial charge < -0.3 is 4.90 Å². The van der Waals surface area contributed by atoms with Gasteiger partial charge in [-0.3, -0.25) is 0 Å². The van der Waals surface area contributed by atoms with Crippen LogP contribution in [0.15, 0.2) is 12.3 Å². The summed E-state index contributed by atoms with van der Waals surface area (Å²) in [4.78, 5) is 5.86. The fourth-order valence-electron chi connectivity index (χ4n) is 1.41. The van der Waals surface area contributed by atoms with E-state index in [9.17, 15) is 0 Å². The maximum atomic E-state index is 8.67. The molecule has 0 aliphatic heterocycles. The second-order valence-corrected chi connectivity index (χ2v) is 3.56. The number of alkyl halides is 1.